The van der Waals surface area contributed by atoms with Gasteiger partial charge in [0, 0.05) is 18.8 Å². The Balaban J connectivity index is 2.25. The summed E-state index contributed by atoms with van der Waals surface area (Å²) in [6, 6.07) is 4.33. The fourth-order valence-electron chi connectivity index (χ4n) is 1.97. The number of hydrogen-bond acceptors (Lipinski definition) is 3. The maximum absolute atomic E-state index is 9.66. The minimum absolute atomic E-state index is 0.227. The molecule has 15 heavy (non-hydrogen) atoms. The van der Waals surface area contributed by atoms with Gasteiger partial charge in [-0.2, -0.15) is 0 Å². The van der Waals surface area contributed by atoms with Crippen LogP contribution in [0, 0.1) is 0 Å². The molecule has 2 atom stereocenters. The molecule has 1 aromatic heterocycles. The highest BCUT2D eigenvalue weighted by Crippen LogP contribution is 2.28. The second-order valence-corrected chi connectivity index (χ2v) is 4.90. The van der Waals surface area contributed by atoms with Crippen molar-refractivity contribution in [3.63, 3.8) is 0 Å². The zero-order valence-corrected chi connectivity index (χ0v) is 10.3. The number of hydrogen-bond donors (Lipinski definition) is 1. The number of nitrogens with zero attached hydrogens (tertiary/aromatic N) is 2. The van der Waals surface area contributed by atoms with Gasteiger partial charge in [0.05, 0.1) is 10.6 Å². The number of anilines is 1. The quantitative estimate of drug-likeness (QED) is 0.850. The molecule has 2 rings (SSSR count). The predicted molar refractivity (Wildman–Crippen MR) is 64.0 cm³/mol. The number of β-amino-alcohol motifs (C(OH)–C–C–N with tert-alkyl or cyclic N) is 1. The highest BCUT2D eigenvalue weighted by atomic mass is 79.9. The number of aliphatic hydroxyl groups is 1. The molecular weight excluding hydrogens is 256 g/mol. The number of piperidine rings is 1. The molecule has 1 N–H and O–H groups in total. The second-order valence-electron chi connectivity index (χ2n) is 4.04. The Bertz CT molecular complexity index is 345. The Morgan fingerprint density at radius 1 is 1.53 bits per heavy atom. The Labute approximate surface area is 98.3 Å². The molecule has 0 amide bonds. The molecule has 2 heterocycles. The number of halogens is 1. The van der Waals surface area contributed by atoms with Gasteiger partial charge >= 0.3 is 0 Å². The molecule has 3 nitrogen and oxygen atoms in total. The van der Waals surface area contributed by atoms with Crippen molar-refractivity contribution in [1.82, 2.24) is 4.98 Å². The van der Waals surface area contributed by atoms with E-state index in [1.165, 1.54) is 0 Å². The lowest BCUT2D eigenvalue weighted by Crippen LogP contribution is -2.44. The molecule has 0 aromatic carbocycles. The van der Waals surface area contributed by atoms with Gasteiger partial charge < -0.3 is 10.0 Å². The summed E-state index contributed by atoms with van der Waals surface area (Å²) >= 11 is 3.49. The number of pyridine rings is 1. The van der Waals surface area contributed by atoms with Crippen LogP contribution in [0.4, 0.5) is 5.82 Å². The Morgan fingerprint density at radius 2 is 2.33 bits per heavy atom. The Morgan fingerprint density at radius 3 is 3.07 bits per heavy atom. The monoisotopic (exact) mass is 270 g/mol. The van der Waals surface area contributed by atoms with Crippen LogP contribution >= 0.6 is 15.9 Å². The molecule has 0 aliphatic carbocycles. The van der Waals surface area contributed by atoms with Gasteiger partial charge in [0.15, 0.2) is 0 Å². The molecule has 0 saturated carbocycles. The largest absolute Gasteiger partial charge is 0.391 e. The molecule has 4 heteroatoms. The zero-order valence-electron chi connectivity index (χ0n) is 8.73. The van der Waals surface area contributed by atoms with Crippen LogP contribution in [-0.2, 0) is 0 Å². The maximum Gasteiger partial charge on any atom is 0.143 e. The van der Waals surface area contributed by atoms with Crippen LogP contribution in [0.1, 0.15) is 19.8 Å². The first-order valence-corrected chi connectivity index (χ1v) is 6.03. The summed E-state index contributed by atoms with van der Waals surface area (Å²) in [6.07, 6.45) is 3.47. The zero-order chi connectivity index (χ0) is 10.8. The van der Waals surface area contributed by atoms with Gasteiger partial charge in [-0.05, 0) is 47.8 Å². The molecule has 1 fully saturated rings. The minimum Gasteiger partial charge on any atom is -0.391 e. The third kappa shape index (κ3) is 2.32. The van der Waals surface area contributed by atoms with E-state index >= 15 is 0 Å². The summed E-state index contributed by atoms with van der Waals surface area (Å²) in [6.45, 7) is 2.85. The van der Waals surface area contributed by atoms with Crippen LogP contribution in [0.15, 0.2) is 22.8 Å². The fourth-order valence-corrected chi connectivity index (χ4v) is 2.45. The van der Waals surface area contributed by atoms with E-state index in [1.54, 1.807) is 6.20 Å². The van der Waals surface area contributed by atoms with Gasteiger partial charge in [0.25, 0.3) is 0 Å². The van der Waals surface area contributed by atoms with Crippen molar-refractivity contribution < 1.29 is 5.11 Å². The van der Waals surface area contributed by atoms with E-state index in [4.69, 9.17) is 0 Å². The molecule has 1 aliphatic heterocycles. The standard InChI is InChI=1S/C11H15BrN2O/c1-8-4-5-9(15)7-14(8)11-10(12)3-2-6-13-11/h2-3,6,8-9,15H,4-5,7H2,1H3. The maximum atomic E-state index is 9.66. The summed E-state index contributed by atoms with van der Waals surface area (Å²) in [5.74, 6) is 0.934. The number of aliphatic hydroxyl groups excluding tert-OH is 1. The molecule has 2 unspecified atom stereocenters. The minimum atomic E-state index is -0.227. The van der Waals surface area contributed by atoms with Gasteiger partial charge in [-0.3, -0.25) is 0 Å². The van der Waals surface area contributed by atoms with Crippen LogP contribution in [0.5, 0.6) is 0 Å². The van der Waals surface area contributed by atoms with Crippen molar-refractivity contribution in [1.29, 1.82) is 0 Å². The Hall–Kier alpha value is -0.610. The number of rotatable bonds is 1. The smallest absolute Gasteiger partial charge is 0.143 e. The lowest BCUT2D eigenvalue weighted by Gasteiger charge is -2.37. The van der Waals surface area contributed by atoms with Crippen LogP contribution in [-0.4, -0.2) is 28.8 Å². The van der Waals surface area contributed by atoms with Crippen LogP contribution < -0.4 is 4.90 Å². The van der Waals surface area contributed by atoms with E-state index in [0.717, 1.165) is 23.1 Å². The first-order chi connectivity index (χ1) is 7.18. The first kappa shape index (κ1) is 10.9. The SMILES string of the molecule is CC1CCC(O)CN1c1ncccc1Br. The molecular formula is C11H15BrN2O. The van der Waals surface area contributed by atoms with Crippen molar-refractivity contribution in [2.45, 2.75) is 31.9 Å². The average Bonchev–Trinajstić information content (AvgIpc) is 2.23. The number of aromatic nitrogens is 1. The van der Waals surface area contributed by atoms with Gasteiger partial charge in [-0.1, -0.05) is 0 Å². The fraction of sp³-hybridized carbons (Fsp3) is 0.545. The van der Waals surface area contributed by atoms with E-state index in [2.05, 4.69) is 32.7 Å². The summed E-state index contributed by atoms with van der Waals surface area (Å²) in [5.41, 5.74) is 0. The van der Waals surface area contributed by atoms with Crippen molar-refractivity contribution in [3.8, 4) is 0 Å². The molecule has 1 aliphatic rings. The summed E-state index contributed by atoms with van der Waals surface area (Å²) in [7, 11) is 0. The normalized spacial score (nSPS) is 26.7. The molecule has 1 saturated heterocycles. The van der Waals surface area contributed by atoms with Crippen molar-refractivity contribution >= 4 is 21.7 Å². The van der Waals surface area contributed by atoms with E-state index in [0.29, 0.717) is 12.6 Å². The summed E-state index contributed by atoms with van der Waals surface area (Å²) in [4.78, 5) is 6.52. The van der Waals surface area contributed by atoms with Crippen LogP contribution in [0.25, 0.3) is 0 Å². The van der Waals surface area contributed by atoms with Gasteiger partial charge in [0.1, 0.15) is 5.82 Å². The predicted octanol–water partition coefficient (Wildman–Crippen LogP) is 2.19. The van der Waals surface area contributed by atoms with Crippen molar-refractivity contribution in [2.24, 2.45) is 0 Å². The molecule has 82 valence electrons. The lowest BCUT2D eigenvalue weighted by atomic mass is 10.0. The van der Waals surface area contributed by atoms with Crippen LogP contribution in [0.3, 0.4) is 0 Å². The molecule has 0 radical (unpaired) electrons. The summed E-state index contributed by atoms with van der Waals surface area (Å²) in [5, 5.41) is 9.66. The molecule has 1 aromatic rings. The molecule has 0 spiro atoms. The Kier molecular flexibility index (Phi) is 3.26. The van der Waals surface area contributed by atoms with Crippen molar-refractivity contribution in [2.75, 3.05) is 11.4 Å². The first-order valence-electron chi connectivity index (χ1n) is 5.23. The third-order valence-electron chi connectivity index (χ3n) is 2.87. The van der Waals surface area contributed by atoms with E-state index < -0.39 is 0 Å². The topological polar surface area (TPSA) is 36.4 Å². The molecule has 0 bridgehead atoms. The third-order valence-corrected chi connectivity index (χ3v) is 3.49. The van der Waals surface area contributed by atoms with Crippen molar-refractivity contribution in [3.05, 3.63) is 22.8 Å². The van der Waals surface area contributed by atoms with Gasteiger partial charge in [0.2, 0.25) is 0 Å². The second kappa shape index (κ2) is 4.49. The highest BCUT2D eigenvalue weighted by molar-refractivity contribution is 9.10. The van der Waals surface area contributed by atoms with E-state index in [9.17, 15) is 5.11 Å². The van der Waals surface area contributed by atoms with Crippen LogP contribution in [0.2, 0.25) is 0 Å². The highest BCUT2D eigenvalue weighted by Gasteiger charge is 2.25. The average molecular weight is 271 g/mol. The van der Waals surface area contributed by atoms with E-state index in [1.807, 2.05) is 12.1 Å². The summed E-state index contributed by atoms with van der Waals surface area (Å²) < 4.78 is 0.992. The lowest BCUT2D eigenvalue weighted by molar-refractivity contribution is 0.143. The van der Waals surface area contributed by atoms with Gasteiger partial charge in [-0.25, -0.2) is 4.98 Å². The van der Waals surface area contributed by atoms with Gasteiger partial charge in [-0.15, -0.1) is 0 Å². The van der Waals surface area contributed by atoms with E-state index in [-0.39, 0.29) is 6.10 Å².